The number of halogens is 8. The second-order valence-electron chi connectivity index (χ2n) is 30.5. The van der Waals surface area contributed by atoms with Crippen LogP contribution >= 0.6 is 69.3 Å². The molecule has 5 N–H and O–H groups in total. The van der Waals surface area contributed by atoms with Gasteiger partial charge >= 0.3 is 6.18 Å². The number of ether oxygens (including phenoxy) is 1. The number of nitro groups is 3. The van der Waals surface area contributed by atoms with Gasteiger partial charge < -0.3 is 4.74 Å². The van der Waals surface area contributed by atoms with E-state index < -0.39 is 98.9 Å². The van der Waals surface area contributed by atoms with E-state index >= 15 is 0 Å². The highest BCUT2D eigenvalue weighted by Gasteiger charge is 2.38. The summed E-state index contributed by atoms with van der Waals surface area (Å²) in [6.07, 6.45) is -4.87. The van der Waals surface area contributed by atoms with E-state index in [1.807, 2.05) is 0 Å². The van der Waals surface area contributed by atoms with Crippen molar-refractivity contribution in [1.82, 2.24) is 0 Å². The molecule has 1 aromatic heterocycles. The SMILES string of the molecule is COc1ccccc1C(=O)c1cc(Cl)ccc1NS(=O)(=O)c1ccc([N+](=O)[O-])cc1.Cc1c(S(=O)(=O)Nc2ccc(Cl)cc2C(=O)c2ccccc2)sc2ccc(Cl)cc12.Cc1ccc(S(=O)(=O)Nc2ccc(Cl)cc2C(=O)c2ccccc2)cc1[N+](=O)[O-].O=C(c1ccccc1)c1cc(Cl)ccc1NS(=O)(=O)c1ccccc1C(F)(F)F.O=C(c1ccccc1)c1ccccc1NS(=O)(=O)c1ccc([N+](=O)[O-])cc1. The Morgan fingerprint density at radius 1 is 0.324 bits per heavy atom. The number of rotatable bonds is 29. The second-order valence-corrected chi connectivity index (χ2v) is 42.3. The minimum absolute atomic E-state index is 0.00802. The van der Waals surface area contributed by atoms with Gasteiger partial charge in [-0.3, -0.25) is 77.9 Å². The lowest BCUT2D eigenvalue weighted by Crippen LogP contribution is -2.20. The van der Waals surface area contributed by atoms with E-state index in [0.717, 1.165) is 88.2 Å². The summed E-state index contributed by atoms with van der Waals surface area (Å²) >= 11 is 31.3. The Bertz CT molecular complexity index is 8330. The van der Waals surface area contributed by atoms with Crippen LogP contribution in [0.3, 0.4) is 0 Å². The number of carbonyl (C=O) groups is 5. The van der Waals surface area contributed by atoms with Crippen LogP contribution in [-0.2, 0) is 56.3 Å². The van der Waals surface area contributed by atoms with Gasteiger partial charge in [0.2, 0.25) is 0 Å². The molecule has 16 aromatic rings. The van der Waals surface area contributed by atoms with Crippen molar-refractivity contribution in [2.24, 2.45) is 0 Å². The van der Waals surface area contributed by atoms with Gasteiger partial charge in [-0.2, -0.15) is 13.2 Å². The fourth-order valence-electron chi connectivity index (χ4n) is 13.7. The Morgan fingerprint density at radius 3 is 1.03 bits per heavy atom. The van der Waals surface area contributed by atoms with E-state index in [1.165, 1.54) is 123 Å². The summed E-state index contributed by atoms with van der Waals surface area (Å²) in [7, 11) is -19.5. The summed E-state index contributed by atoms with van der Waals surface area (Å²) in [5.41, 5.74) is 1.13. The molecule has 30 nitrogen and oxygen atoms in total. The first kappa shape index (κ1) is 108. The average Bonchev–Trinajstić information content (AvgIpc) is 1.73. The van der Waals surface area contributed by atoms with Crippen molar-refractivity contribution in [3.05, 3.63) is 480 Å². The highest BCUT2D eigenvalue weighted by Crippen LogP contribution is 2.41. The molecule has 0 unspecified atom stereocenters. The number of nitrogens with zero attached hydrogens (tertiary/aromatic N) is 3. The molecule has 0 bridgehead atoms. The maximum absolute atomic E-state index is 13.2. The number of nitrogens with one attached hydrogen (secondary N) is 5. The van der Waals surface area contributed by atoms with Crippen LogP contribution in [-0.4, -0.2) is 92.9 Å². The Balaban J connectivity index is 0.000000161. The van der Waals surface area contributed by atoms with Crippen molar-refractivity contribution in [2.45, 2.75) is 43.8 Å². The quantitative estimate of drug-likeness (QED) is 0.0165. The van der Waals surface area contributed by atoms with E-state index in [-0.39, 0.29) is 130 Å². The molecule has 0 aliphatic carbocycles. The number of non-ortho nitro benzene ring substituents is 2. The zero-order chi connectivity index (χ0) is 105. The van der Waals surface area contributed by atoms with Gasteiger partial charge in [-0.25, -0.2) is 42.1 Å². The third-order valence-corrected chi connectivity index (χ3v) is 30.8. The van der Waals surface area contributed by atoms with Crippen molar-refractivity contribution in [2.75, 3.05) is 30.7 Å². The standard InChI is InChI=1S/C22H15Cl2NO3S2.C20H13ClF3NO3S.C20H15ClN2O6S.C20H15ClN2O5S.C19H14N2O5S/c1-13-17-11-16(24)8-10-20(17)29-22(13)30(27,28)25-19-9-7-15(23)12-18(19)21(26)14-5-3-2-4-6-14;21-14-10-11-17(15(12-14)19(26)13-6-2-1-3-7-13)25-29(27,28)18-9-5-4-8-16(18)20(22,23)24;1-29-19-5-3-2-4-16(19)20(24)17-12-13(21)6-11-18(17)22-30(27,28)15-9-7-14(8-10-15)23(25)26;1-13-7-9-16(12-19(13)23(25)26)29(27,28)22-18-10-8-15(21)11-17(18)20(24)14-5-3-2-4-6-14;22-19(14-6-2-1-3-7-14)17-8-4-5-9-18(17)20-27(25,26)16-12-10-15(11-13-16)21(23)24/h2-12,25H,1H3;1-12,25H;2-12,22H,1H3;2-12,22H,1H3;1-13,20H. The maximum atomic E-state index is 13.2. The molecule has 44 heteroatoms. The molecule has 0 atom stereocenters. The highest BCUT2D eigenvalue weighted by atomic mass is 35.5. The van der Waals surface area contributed by atoms with E-state index in [2.05, 4.69) is 23.6 Å². The number of carbonyl (C=O) groups excluding carboxylic acids is 5. The predicted octanol–water partition coefficient (Wildman–Crippen LogP) is 24.4. The van der Waals surface area contributed by atoms with Gasteiger partial charge in [0, 0.05) is 116 Å². The number of benzene rings is 15. The summed E-state index contributed by atoms with van der Waals surface area (Å²) < 4.78 is 186. The third kappa shape index (κ3) is 27.3. The molecule has 0 aliphatic heterocycles. The van der Waals surface area contributed by atoms with Gasteiger partial charge in [0.15, 0.2) is 28.9 Å². The smallest absolute Gasteiger partial charge is 0.417 e. The van der Waals surface area contributed by atoms with Crippen LogP contribution in [0.5, 0.6) is 5.75 Å². The summed E-state index contributed by atoms with van der Waals surface area (Å²) in [5, 5.41) is 34.9. The van der Waals surface area contributed by atoms with Crippen molar-refractivity contribution in [3.63, 3.8) is 0 Å². The van der Waals surface area contributed by atoms with Crippen LogP contribution in [0, 0.1) is 44.2 Å². The number of sulfonamides is 5. The summed E-state index contributed by atoms with van der Waals surface area (Å²) in [6.45, 7) is 3.25. The number of thiophene rings is 1. The number of fused-ring (bicyclic) bond motifs is 1. The Kier molecular flexibility index (Phi) is 35.0. The van der Waals surface area contributed by atoms with Crippen LogP contribution < -0.4 is 28.3 Å². The number of aryl methyl sites for hydroxylation is 2. The van der Waals surface area contributed by atoms with Gasteiger partial charge in [0.25, 0.3) is 67.2 Å². The van der Waals surface area contributed by atoms with Crippen molar-refractivity contribution in [3.8, 4) is 5.75 Å². The van der Waals surface area contributed by atoms with Gasteiger partial charge in [0.05, 0.1) is 81.0 Å². The van der Waals surface area contributed by atoms with Gasteiger partial charge in [0.1, 0.15) is 9.96 Å². The number of para-hydroxylation sites is 2. The number of hydrogen-bond donors (Lipinski definition) is 5. The molecular formula is C101H72Cl5F3N8O22S6. The molecule has 0 fully saturated rings. The van der Waals surface area contributed by atoms with E-state index in [9.17, 15) is 110 Å². The summed E-state index contributed by atoms with van der Waals surface area (Å²) in [6, 6.07) is 84.4. The minimum Gasteiger partial charge on any atom is -0.496 e. The topological polar surface area (TPSA) is 455 Å². The average molecular weight is 2180 g/mol. The zero-order valence-electron chi connectivity index (χ0n) is 74.8. The lowest BCUT2D eigenvalue weighted by molar-refractivity contribution is -0.385. The fourth-order valence-corrected chi connectivity index (χ4v) is 22.0. The third-order valence-electron chi connectivity index (χ3n) is 20.8. The van der Waals surface area contributed by atoms with Gasteiger partial charge in [-0.1, -0.05) is 222 Å². The molecule has 0 saturated heterocycles. The van der Waals surface area contributed by atoms with Crippen LogP contribution in [0.2, 0.25) is 25.1 Å². The molecule has 0 radical (unpaired) electrons. The molecular weight excluding hydrogens is 2100 g/mol. The van der Waals surface area contributed by atoms with Gasteiger partial charge in [-0.15, -0.1) is 11.3 Å². The molecule has 15 aromatic carbocycles. The first-order valence-electron chi connectivity index (χ1n) is 41.7. The molecule has 1 heterocycles. The summed E-state index contributed by atoms with van der Waals surface area (Å²) in [5.74, 6) is -1.76. The van der Waals surface area contributed by atoms with Crippen LogP contribution in [0.4, 0.5) is 58.7 Å². The number of hydrogen-bond acceptors (Lipinski definition) is 23. The molecule has 0 spiro atoms. The van der Waals surface area contributed by atoms with Crippen molar-refractivity contribution in [1.29, 1.82) is 0 Å². The number of alkyl halides is 3. The van der Waals surface area contributed by atoms with Crippen molar-refractivity contribution >= 4 is 204 Å². The van der Waals surface area contributed by atoms with Crippen LogP contribution in [0.1, 0.15) is 96.3 Å². The Hall–Kier alpha value is -15.4. The minimum atomic E-state index is -4.87. The van der Waals surface area contributed by atoms with E-state index in [1.54, 1.807) is 177 Å². The fraction of sp³-hybridized carbons (Fsp3) is 0.0396. The normalized spacial score (nSPS) is 11.3. The number of ketones is 5. The second kappa shape index (κ2) is 46.8. The van der Waals surface area contributed by atoms with E-state index in [0.29, 0.717) is 49.7 Å². The Morgan fingerprint density at radius 2 is 0.641 bits per heavy atom. The predicted molar refractivity (Wildman–Crippen MR) is 549 cm³/mol. The van der Waals surface area contributed by atoms with Crippen LogP contribution in [0.15, 0.2) is 376 Å². The highest BCUT2D eigenvalue weighted by molar-refractivity contribution is 7.95. The van der Waals surface area contributed by atoms with E-state index in [4.69, 9.17) is 62.7 Å². The van der Waals surface area contributed by atoms with Crippen LogP contribution in [0.25, 0.3) is 10.1 Å². The molecule has 145 heavy (non-hydrogen) atoms. The van der Waals surface area contributed by atoms with Crippen molar-refractivity contribution < 1.29 is 98.7 Å². The zero-order valence-corrected chi connectivity index (χ0v) is 83.5. The first-order chi connectivity index (χ1) is 68.6. The number of methoxy groups -OCH3 is 1. The molecule has 0 aliphatic rings. The Labute approximate surface area is 855 Å². The molecule has 740 valence electrons. The largest absolute Gasteiger partial charge is 0.496 e. The molecule has 16 rings (SSSR count). The molecule has 0 saturated carbocycles. The lowest BCUT2D eigenvalue weighted by atomic mass is 10.0. The maximum Gasteiger partial charge on any atom is 0.417 e. The summed E-state index contributed by atoms with van der Waals surface area (Å²) in [4.78, 5) is 93.6. The molecule has 0 amide bonds. The number of anilines is 5. The lowest BCUT2D eigenvalue weighted by Gasteiger charge is -2.16. The van der Waals surface area contributed by atoms with Gasteiger partial charge in [-0.05, 0) is 183 Å². The number of nitro benzene ring substituents is 3. The monoisotopic (exact) mass is 2170 g/mol. The first-order valence-corrected chi connectivity index (χ1v) is 51.8.